The summed E-state index contributed by atoms with van der Waals surface area (Å²) in [6, 6.07) is 5.81. The van der Waals surface area contributed by atoms with Crippen LogP contribution in [0.3, 0.4) is 0 Å². The first-order chi connectivity index (χ1) is 21.5. The van der Waals surface area contributed by atoms with E-state index in [0.717, 1.165) is 42.4 Å². The lowest BCUT2D eigenvalue weighted by Gasteiger charge is -2.69. The Morgan fingerprint density at radius 3 is 2.35 bits per heavy atom. The summed E-state index contributed by atoms with van der Waals surface area (Å²) in [4.78, 5) is 26.9. The van der Waals surface area contributed by atoms with Crippen molar-refractivity contribution in [2.24, 2.45) is 39.9 Å². The van der Waals surface area contributed by atoms with Gasteiger partial charge in [-0.1, -0.05) is 51.5 Å². The van der Waals surface area contributed by atoms with Gasteiger partial charge in [-0.25, -0.2) is 4.39 Å². The monoisotopic (exact) mass is 637 g/mol. The van der Waals surface area contributed by atoms with Gasteiger partial charge >= 0.3 is 5.97 Å². The number of aliphatic hydroxyl groups excluding tert-OH is 2. The summed E-state index contributed by atoms with van der Waals surface area (Å²) >= 11 is 0. The second-order valence-corrected chi connectivity index (χ2v) is 16.1. The summed E-state index contributed by atoms with van der Waals surface area (Å²) < 4.78 is 19.8. The van der Waals surface area contributed by atoms with Crippen LogP contribution in [-0.4, -0.2) is 40.4 Å². The van der Waals surface area contributed by atoms with Crippen LogP contribution in [0.15, 0.2) is 47.1 Å². The molecule has 254 valence electrons. The van der Waals surface area contributed by atoms with E-state index in [-0.39, 0.29) is 63.8 Å². The van der Waals surface area contributed by atoms with Gasteiger partial charge < -0.3 is 20.3 Å². The van der Waals surface area contributed by atoms with Gasteiger partial charge in [0.15, 0.2) is 0 Å². The maximum Gasteiger partial charge on any atom is 0.303 e. The first kappa shape index (κ1) is 34.8. The van der Waals surface area contributed by atoms with Crippen LogP contribution in [-0.2, 0) is 14.3 Å². The van der Waals surface area contributed by atoms with Gasteiger partial charge in [-0.05, 0) is 135 Å². The fourth-order valence-electron chi connectivity index (χ4n) is 10.9. The molecule has 4 fully saturated rings. The standard InChI is InChI=1S/C39H56FNO5/c1-22(2)10-9-11-28(36(45)41-24(4)26-12-14-27(40)15-13-26)34-30-20-32(44)35-37(6)18-17-31(43)23(3)29(37)16-19-38(35,7)39(30,8)21-33(34)46-25(5)42/h10,12-15,23-24,29-33,35,43-44H,9,11,16-21H2,1-8H3,(H,41,45)/b34-28-/t23-,24?,29-,30-,31+,32+,33-,35-,37-,38-,39-/m0/s1. The molecular formula is C39H56FNO5. The second-order valence-electron chi connectivity index (χ2n) is 16.1. The fraction of sp³-hybridized carbons (Fsp3) is 0.692. The number of aliphatic hydroxyl groups is 2. The van der Waals surface area contributed by atoms with E-state index in [1.165, 1.54) is 19.1 Å². The minimum atomic E-state index is -0.579. The third-order valence-electron chi connectivity index (χ3n) is 13.3. The van der Waals surface area contributed by atoms with Crippen LogP contribution < -0.4 is 5.32 Å². The highest BCUT2D eigenvalue weighted by atomic mass is 19.1. The van der Waals surface area contributed by atoms with Crippen molar-refractivity contribution in [2.75, 3.05) is 0 Å². The Labute approximate surface area is 275 Å². The number of rotatable bonds is 7. The van der Waals surface area contributed by atoms with Crippen molar-refractivity contribution >= 4 is 11.9 Å². The summed E-state index contributed by atoms with van der Waals surface area (Å²) in [5.74, 6) is -0.484. The minimum Gasteiger partial charge on any atom is -0.458 e. The molecule has 11 atom stereocenters. The van der Waals surface area contributed by atoms with E-state index in [1.807, 2.05) is 20.8 Å². The highest BCUT2D eigenvalue weighted by Crippen LogP contribution is 2.74. The zero-order chi connectivity index (χ0) is 33.8. The van der Waals surface area contributed by atoms with Gasteiger partial charge in [-0.15, -0.1) is 0 Å². The van der Waals surface area contributed by atoms with E-state index in [1.54, 1.807) is 12.1 Å². The zero-order valence-corrected chi connectivity index (χ0v) is 29.2. The van der Waals surface area contributed by atoms with Crippen molar-refractivity contribution in [1.82, 2.24) is 5.32 Å². The number of esters is 1. The second kappa shape index (κ2) is 12.8. The van der Waals surface area contributed by atoms with Gasteiger partial charge in [-0.2, -0.15) is 0 Å². The Morgan fingerprint density at radius 2 is 1.72 bits per heavy atom. The number of hydrogen-bond donors (Lipinski definition) is 3. The molecular weight excluding hydrogens is 581 g/mol. The number of carbonyl (C=O) groups excluding carboxylic acids is 2. The molecule has 5 rings (SSSR count). The Balaban J connectivity index is 1.59. The van der Waals surface area contributed by atoms with Crippen LogP contribution in [0.1, 0.15) is 118 Å². The molecule has 4 saturated carbocycles. The third-order valence-corrected chi connectivity index (χ3v) is 13.3. The number of ether oxygens (including phenoxy) is 1. The van der Waals surface area contributed by atoms with Crippen molar-refractivity contribution in [3.8, 4) is 0 Å². The summed E-state index contributed by atoms with van der Waals surface area (Å²) in [6.45, 7) is 16.6. The lowest BCUT2D eigenvalue weighted by molar-refractivity contribution is -0.234. The van der Waals surface area contributed by atoms with Crippen LogP contribution in [0, 0.1) is 45.7 Å². The van der Waals surface area contributed by atoms with E-state index in [9.17, 15) is 24.2 Å². The Bertz CT molecular complexity index is 1380. The predicted molar refractivity (Wildman–Crippen MR) is 178 cm³/mol. The molecule has 6 nitrogen and oxygen atoms in total. The number of halogens is 1. The topological polar surface area (TPSA) is 95.9 Å². The molecule has 4 aliphatic rings. The van der Waals surface area contributed by atoms with Gasteiger partial charge in [0, 0.05) is 12.5 Å². The number of nitrogens with one attached hydrogen (secondary N) is 1. The molecule has 46 heavy (non-hydrogen) atoms. The minimum absolute atomic E-state index is 0.0359. The van der Waals surface area contributed by atoms with Crippen molar-refractivity contribution < 1.29 is 28.9 Å². The molecule has 7 heteroatoms. The lowest BCUT2D eigenvalue weighted by Crippen LogP contribution is -2.65. The Hall–Kier alpha value is -2.51. The third kappa shape index (κ3) is 5.89. The molecule has 0 saturated heterocycles. The summed E-state index contributed by atoms with van der Waals surface area (Å²) in [7, 11) is 0. The van der Waals surface area contributed by atoms with E-state index in [0.29, 0.717) is 37.2 Å². The number of carbonyl (C=O) groups is 2. The highest BCUT2D eigenvalue weighted by molar-refractivity contribution is 5.95. The van der Waals surface area contributed by atoms with Crippen molar-refractivity contribution in [3.63, 3.8) is 0 Å². The maximum atomic E-state index is 14.3. The Morgan fingerprint density at radius 1 is 1.04 bits per heavy atom. The molecule has 0 heterocycles. The van der Waals surface area contributed by atoms with Crippen LogP contribution in [0.2, 0.25) is 0 Å². The van der Waals surface area contributed by atoms with Crippen molar-refractivity contribution in [2.45, 2.75) is 131 Å². The number of hydrogen-bond acceptors (Lipinski definition) is 5. The molecule has 0 bridgehead atoms. The summed E-state index contributed by atoms with van der Waals surface area (Å²) in [5, 5.41) is 26.2. The molecule has 0 aromatic heterocycles. The van der Waals surface area contributed by atoms with Crippen LogP contribution in [0.5, 0.6) is 0 Å². The van der Waals surface area contributed by atoms with E-state index in [4.69, 9.17) is 4.74 Å². The predicted octanol–water partition coefficient (Wildman–Crippen LogP) is 7.60. The van der Waals surface area contributed by atoms with Gasteiger partial charge in [0.25, 0.3) is 0 Å². The largest absolute Gasteiger partial charge is 0.458 e. The van der Waals surface area contributed by atoms with Gasteiger partial charge in [0.2, 0.25) is 5.91 Å². The highest BCUT2D eigenvalue weighted by Gasteiger charge is 2.70. The van der Waals surface area contributed by atoms with E-state index in [2.05, 4.69) is 39.1 Å². The number of amides is 1. The SMILES string of the molecule is CC(=O)O[C@H]1C[C@@]2(C)[C@@H](C[C@@H](O)[C@H]3[C@@]4(C)CC[C@@H](O)[C@@H](C)[C@@H]4CC[C@@]32C)/C1=C(\CCC=C(C)C)C(=O)NC(C)c1ccc(F)cc1. The zero-order valence-electron chi connectivity index (χ0n) is 29.2. The van der Waals surface area contributed by atoms with Gasteiger partial charge in [0.1, 0.15) is 11.9 Å². The summed E-state index contributed by atoms with van der Waals surface area (Å²) in [6.07, 6.45) is 6.48. The van der Waals surface area contributed by atoms with Crippen molar-refractivity contribution in [1.29, 1.82) is 0 Å². The van der Waals surface area contributed by atoms with Gasteiger partial charge in [0.05, 0.1) is 18.2 Å². The smallest absolute Gasteiger partial charge is 0.303 e. The molecule has 3 N–H and O–H groups in total. The molecule has 4 aliphatic carbocycles. The van der Waals surface area contributed by atoms with Crippen LogP contribution >= 0.6 is 0 Å². The Kier molecular flexibility index (Phi) is 9.71. The first-order valence-electron chi connectivity index (χ1n) is 17.5. The molecule has 1 aromatic carbocycles. The molecule has 0 aliphatic heterocycles. The number of benzene rings is 1. The molecule has 1 unspecified atom stereocenters. The maximum absolute atomic E-state index is 14.3. The average Bonchev–Trinajstić information content (AvgIpc) is 3.24. The first-order valence-corrected chi connectivity index (χ1v) is 17.5. The number of allylic oxidation sites excluding steroid dienone is 2. The van der Waals surface area contributed by atoms with E-state index >= 15 is 0 Å². The normalized spacial score (nSPS) is 40.1. The van der Waals surface area contributed by atoms with Crippen molar-refractivity contribution in [3.05, 3.63) is 58.4 Å². The quantitative estimate of drug-likeness (QED) is 0.163. The molecule has 1 amide bonds. The fourth-order valence-corrected chi connectivity index (χ4v) is 10.9. The lowest BCUT2D eigenvalue weighted by atomic mass is 9.36. The molecule has 0 radical (unpaired) electrons. The molecule has 0 spiro atoms. The average molecular weight is 638 g/mol. The van der Waals surface area contributed by atoms with Gasteiger partial charge in [-0.3, -0.25) is 9.59 Å². The van der Waals surface area contributed by atoms with E-state index < -0.39 is 12.2 Å². The van der Waals surface area contributed by atoms with Crippen LogP contribution in [0.25, 0.3) is 0 Å². The van der Waals surface area contributed by atoms with Crippen LogP contribution in [0.4, 0.5) is 4.39 Å². The summed E-state index contributed by atoms with van der Waals surface area (Å²) in [5.41, 5.74) is 2.78. The number of fused-ring (bicyclic) bond motifs is 5. The molecule has 1 aromatic rings.